The van der Waals surface area contributed by atoms with Gasteiger partial charge >= 0.3 is 5.97 Å². The average Bonchev–Trinajstić information content (AvgIpc) is 2.72. The molecule has 0 saturated carbocycles. The number of carbonyl (C=O) groups excluding carboxylic acids is 2. The average molecular weight is 346 g/mol. The minimum Gasteiger partial charge on any atom is -0.488 e. The van der Waals surface area contributed by atoms with Crippen LogP contribution in [-0.4, -0.2) is 12.3 Å². The Morgan fingerprint density at radius 3 is 2.04 bits per heavy atom. The van der Waals surface area contributed by atoms with Crippen LogP contribution in [0.2, 0.25) is 0 Å². The maximum atomic E-state index is 12.2. The van der Waals surface area contributed by atoms with Gasteiger partial charge in [0.1, 0.15) is 19.0 Å². The Bertz CT molecular complexity index is 873. The molecule has 0 aromatic heterocycles. The molecule has 3 aromatic rings. The van der Waals surface area contributed by atoms with Crippen LogP contribution in [0.5, 0.6) is 5.75 Å². The number of hydrogen-bond acceptors (Lipinski definition) is 4. The van der Waals surface area contributed by atoms with Gasteiger partial charge in [0.15, 0.2) is 6.29 Å². The fraction of sp³-hybridized carbons (Fsp3) is 0.0909. The van der Waals surface area contributed by atoms with Gasteiger partial charge in [0.25, 0.3) is 0 Å². The van der Waals surface area contributed by atoms with Crippen LogP contribution in [0.25, 0.3) is 0 Å². The van der Waals surface area contributed by atoms with E-state index >= 15 is 0 Å². The van der Waals surface area contributed by atoms with Crippen LogP contribution in [-0.2, 0) is 18.0 Å². The molecule has 3 rings (SSSR count). The van der Waals surface area contributed by atoms with Crippen LogP contribution in [0.3, 0.4) is 0 Å². The minimum atomic E-state index is -0.480. The molecule has 0 spiro atoms. The van der Waals surface area contributed by atoms with Crippen molar-refractivity contribution in [2.24, 2.45) is 0 Å². The maximum Gasteiger partial charge on any atom is 0.338 e. The van der Waals surface area contributed by atoms with Crippen molar-refractivity contribution in [2.75, 3.05) is 0 Å². The lowest BCUT2D eigenvalue weighted by Crippen LogP contribution is -2.07. The molecule has 130 valence electrons. The third-order valence-electron chi connectivity index (χ3n) is 3.82. The molecule has 3 aromatic carbocycles. The highest BCUT2D eigenvalue weighted by atomic mass is 16.5. The highest BCUT2D eigenvalue weighted by Crippen LogP contribution is 2.21. The molecule has 0 unspecified atom stereocenters. The van der Waals surface area contributed by atoms with Gasteiger partial charge in [-0.25, -0.2) is 4.79 Å². The highest BCUT2D eigenvalue weighted by molar-refractivity contribution is 5.92. The number of esters is 1. The lowest BCUT2D eigenvalue weighted by Gasteiger charge is -2.10. The van der Waals surface area contributed by atoms with E-state index in [-0.39, 0.29) is 6.61 Å². The lowest BCUT2D eigenvalue weighted by atomic mass is 10.1. The third-order valence-corrected chi connectivity index (χ3v) is 3.82. The Labute approximate surface area is 152 Å². The minimum absolute atomic E-state index is 0.183. The summed E-state index contributed by atoms with van der Waals surface area (Å²) < 4.78 is 11.0. The Hall–Kier alpha value is -3.40. The van der Waals surface area contributed by atoms with E-state index in [2.05, 4.69) is 0 Å². The second-order valence-electron chi connectivity index (χ2n) is 5.71. The summed E-state index contributed by atoms with van der Waals surface area (Å²) in [5.74, 6) is -0.0463. The summed E-state index contributed by atoms with van der Waals surface area (Å²) in [7, 11) is 0. The number of aldehydes is 1. The monoisotopic (exact) mass is 346 g/mol. The largest absolute Gasteiger partial charge is 0.488 e. The Kier molecular flexibility index (Phi) is 5.78. The second-order valence-corrected chi connectivity index (χ2v) is 5.71. The molecule has 0 aliphatic carbocycles. The molecular weight excluding hydrogens is 328 g/mol. The van der Waals surface area contributed by atoms with E-state index in [9.17, 15) is 9.59 Å². The normalized spacial score (nSPS) is 10.2. The molecular formula is C22H18O4. The first-order valence-electron chi connectivity index (χ1n) is 8.23. The number of hydrogen-bond donors (Lipinski definition) is 0. The summed E-state index contributed by atoms with van der Waals surface area (Å²) in [4.78, 5) is 23.6. The van der Waals surface area contributed by atoms with E-state index < -0.39 is 5.97 Å². The lowest BCUT2D eigenvalue weighted by molar-refractivity contribution is 0.0472. The summed E-state index contributed by atoms with van der Waals surface area (Å²) in [6.45, 7) is 0.530. The molecule has 0 heterocycles. The predicted molar refractivity (Wildman–Crippen MR) is 98.2 cm³/mol. The Morgan fingerprint density at radius 1 is 0.808 bits per heavy atom. The molecule has 4 nitrogen and oxygen atoms in total. The molecule has 0 N–H and O–H groups in total. The molecule has 0 aliphatic heterocycles. The maximum absolute atomic E-state index is 12.2. The van der Waals surface area contributed by atoms with Gasteiger partial charge in [-0.2, -0.15) is 0 Å². The first-order chi connectivity index (χ1) is 12.8. The zero-order valence-electron chi connectivity index (χ0n) is 14.1. The van der Waals surface area contributed by atoms with Gasteiger partial charge in [-0.1, -0.05) is 60.7 Å². The number of ether oxygens (including phenoxy) is 2. The smallest absolute Gasteiger partial charge is 0.338 e. The zero-order chi connectivity index (χ0) is 18.2. The molecule has 0 saturated heterocycles. The zero-order valence-corrected chi connectivity index (χ0v) is 14.1. The molecule has 4 heteroatoms. The van der Waals surface area contributed by atoms with Gasteiger partial charge in [-0.15, -0.1) is 0 Å². The van der Waals surface area contributed by atoms with E-state index in [1.54, 1.807) is 12.1 Å². The molecule has 0 radical (unpaired) electrons. The second kappa shape index (κ2) is 8.62. The molecule has 0 amide bonds. The van der Waals surface area contributed by atoms with Crippen molar-refractivity contribution in [3.05, 3.63) is 101 Å². The van der Waals surface area contributed by atoms with Crippen molar-refractivity contribution < 1.29 is 19.1 Å². The molecule has 0 aliphatic rings. The Morgan fingerprint density at radius 2 is 1.42 bits per heavy atom. The first-order valence-corrected chi connectivity index (χ1v) is 8.23. The van der Waals surface area contributed by atoms with Crippen molar-refractivity contribution in [1.82, 2.24) is 0 Å². The van der Waals surface area contributed by atoms with Gasteiger partial charge in [0.05, 0.1) is 11.1 Å². The van der Waals surface area contributed by atoms with Crippen LogP contribution in [0.15, 0.2) is 78.9 Å². The number of benzene rings is 3. The van der Waals surface area contributed by atoms with Gasteiger partial charge < -0.3 is 9.47 Å². The predicted octanol–water partition coefficient (Wildman–Crippen LogP) is 4.44. The topological polar surface area (TPSA) is 52.6 Å². The number of carbonyl (C=O) groups is 2. The van der Waals surface area contributed by atoms with Crippen LogP contribution in [0.1, 0.15) is 31.8 Å². The van der Waals surface area contributed by atoms with Crippen LogP contribution in [0, 0.1) is 0 Å². The van der Waals surface area contributed by atoms with Crippen LogP contribution < -0.4 is 4.74 Å². The van der Waals surface area contributed by atoms with Crippen LogP contribution in [0.4, 0.5) is 0 Å². The van der Waals surface area contributed by atoms with E-state index in [4.69, 9.17) is 9.47 Å². The van der Waals surface area contributed by atoms with E-state index in [1.165, 1.54) is 6.07 Å². The van der Waals surface area contributed by atoms with Gasteiger partial charge in [0, 0.05) is 0 Å². The molecule has 0 atom stereocenters. The first kappa shape index (κ1) is 17.4. The van der Waals surface area contributed by atoms with Crippen molar-refractivity contribution >= 4 is 12.3 Å². The summed E-state index contributed by atoms with van der Waals surface area (Å²) >= 11 is 0. The summed E-state index contributed by atoms with van der Waals surface area (Å²) in [6.07, 6.45) is 0.675. The fourth-order valence-corrected chi connectivity index (χ4v) is 2.44. The quantitative estimate of drug-likeness (QED) is 0.469. The highest BCUT2D eigenvalue weighted by Gasteiger charge is 2.12. The van der Waals surface area contributed by atoms with Crippen molar-refractivity contribution in [3.63, 3.8) is 0 Å². The standard InChI is InChI=1S/C22H18O4/c23-14-20-13-19(22(24)26-16-18-9-5-2-6-10-18)11-12-21(20)25-15-17-7-3-1-4-8-17/h1-14H,15-16H2. The summed E-state index contributed by atoms with van der Waals surface area (Å²) in [5, 5.41) is 0. The SMILES string of the molecule is O=Cc1cc(C(=O)OCc2ccccc2)ccc1OCc1ccccc1. The summed E-state index contributed by atoms with van der Waals surface area (Å²) in [5.41, 5.74) is 2.53. The molecule has 0 fully saturated rings. The van der Waals surface area contributed by atoms with E-state index in [0.29, 0.717) is 29.8 Å². The molecule has 26 heavy (non-hydrogen) atoms. The van der Waals surface area contributed by atoms with Gasteiger partial charge in [0.2, 0.25) is 0 Å². The fourth-order valence-electron chi connectivity index (χ4n) is 2.44. The van der Waals surface area contributed by atoms with Gasteiger partial charge in [-0.05, 0) is 29.3 Å². The van der Waals surface area contributed by atoms with Gasteiger partial charge in [-0.3, -0.25) is 4.79 Å². The van der Waals surface area contributed by atoms with Crippen molar-refractivity contribution in [3.8, 4) is 5.75 Å². The summed E-state index contributed by atoms with van der Waals surface area (Å²) in [6, 6.07) is 23.8. The van der Waals surface area contributed by atoms with E-state index in [1.807, 2.05) is 60.7 Å². The van der Waals surface area contributed by atoms with Crippen molar-refractivity contribution in [1.29, 1.82) is 0 Å². The van der Waals surface area contributed by atoms with E-state index in [0.717, 1.165) is 11.1 Å². The third kappa shape index (κ3) is 4.57. The number of rotatable bonds is 7. The van der Waals surface area contributed by atoms with Crippen molar-refractivity contribution in [2.45, 2.75) is 13.2 Å². The van der Waals surface area contributed by atoms with Crippen LogP contribution >= 0.6 is 0 Å². The Balaban J connectivity index is 1.65. The molecule has 0 bridgehead atoms.